The van der Waals surface area contributed by atoms with Crippen LogP contribution in [0.1, 0.15) is 29.5 Å². The topological polar surface area (TPSA) is 23.5 Å². The van der Waals surface area contributed by atoms with Gasteiger partial charge in [-0.1, -0.05) is 18.2 Å². The zero-order valence-corrected chi connectivity index (χ0v) is 10.9. The molecule has 2 rings (SSSR count). The molecule has 17 heavy (non-hydrogen) atoms. The Bertz CT molecular complexity index is 355. The average Bonchev–Trinajstić information content (AvgIpc) is 2.34. The minimum absolute atomic E-state index is 0.337. The highest BCUT2D eigenvalue weighted by Crippen LogP contribution is 2.21. The number of aryl methyl sites for hydroxylation is 2. The van der Waals surface area contributed by atoms with Gasteiger partial charge in [-0.3, -0.25) is 4.90 Å². The smallest absolute Gasteiger partial charge is 0.0471 e. The number of likely N-dealkylation sites (tertiary alicyclic amines) is 1. The number of nitrogens with zero attached hydrogens (tertiary/aromatic N) is 1. The van der Waals surface area contributed by atoms with Crippen molar-refractivity contribution >= 4 is 0 Å². The van der Waals surface area contributed by atoms with E-state index >= 15 is 0 Å². The molecule has 1 aliphatic heterocycles. The maximum Gasteiger partial charge on any atom is 0.0471 e. The lowest BCUT2D eigenvalue weighted by molar-refractivity contribution is 0.115. The van der Waals surface area contributed by atoms with Crippen molar-refractivity contribution in [1.82, 2.24) is 4.90 Å². The second-order valence-corrected chi connectivity index (χ2v) is 5.30. The quantitative estimate of drug-likeness (QED) is 0.867. The van der Waals surface area contributed by atoms with Crippen LogP contribution in [0, 0.1) is 19.8 Å². The number of aliphatic hydroxyl groups excluding tert-OH is 1. The van der Waals surface area contributed by atoms with E-state index in [0.29, 0.717) is 12.5 Å². The van der Waals surface area contributed by atoms with Crippen molar-refractivity contribution in [2.75, 3.05) is 19.7 Å². The number of piperidine rings is 1. The Morgan fingerprint density at radius 2 is 2.00 bits per heavy atom. The van der Waals surface area contributed by atoms with Gasteiger partial charge in [0.1, 0.15) is 0 Å². The second-order valence-electron chi connectivity index (χ2n) is 5.30. The Morgan fingerprint density at radius 1 is 1.29 bits per heavy atom. The molecule has 1 N–H and O–H groups in total. The summed E-state index contributed by atoms with van der Waals surface area (Å²) in [5.74, 6) is 0.480. The Hall–Kier alpha value is -0.860. The van der Waals surface area contributed by atoms with E-state index in [1.54, 1.807) is 0 Å². The highest BCUT2D eigenvalue weighted by Gasteiger charge is 2.19. The van der Waals surface area contributed by atoms with Crippen molar-refractivity contribution in [3.05, 3.63) is 34.9 Å². The third kappa shape index (κ3) is 3.08. The molecule has 1 atom stereocenters. The monoisotopic (exact) mass is 233 g/mol. The summed E-state index contributed by atoms with van der Waals surface area (Å²) in [5, 5.41) is 9.26. The molecule has 1 aliphatic rings. The normalized spacial score (nSPS) is 21.7. The molecule has 1 aromatic rings. The second kappa shape index (κ2) is 5.65. The molecule has 1 heterocycles. The van der Waals surface area contributed by atoms with Crippen LogP contribution in [0.4, 0.5) is 0 Å². The van der Waals surface area contributed by atoms with Gasteiger partial charge in [0, 0.05) is 19.7 Å². The van der Waals surface area contributed by atoms with Gasteiger partial charge in [-0.25, -0.2) is 0 Å². The van der Waals surface area contributed by atoms with Crippen molar-refractivity contribution in [3.8, 4) is 0 Å². The minimum Gasteiger partial charge on any atom is -0.396 e. The Labute approximate surface area is 104 Å². The summed E-state index contributed by atoms with van der Waals surface area (Å²) < 4.78 is 0. The Kier molecular flexibility index (Phi) is 4.19. The van der Waals surface area contributed by atoms with Crippen LogP contribution in [0.25, 0.3) is 0 Å². The van der Waals surface area contributed by atoms with Crippen LogP contribution in [0.3, 0.4) is 0 Å². The maximum absolute atomic E-state index is 9.26. The zero-order valence-electron chi connectivity index (χ0n) is 10.9. The maximum atomic E-state index is 9.26. The Morgan fingerprint density at radius 3 is 2.65 bits per heavy atom. The summed E-state index contributed by atoms with van der Waals surface area (Å²) in [5.41, 5.74) is 4.23. The van der Waals surface area contributed by atoms with Gasteiger partial charge in [-0.05, 0) is 55.8 Å². The third-order valence-corrected chi connectivity index (χ3v) is 3.89. The van der Waals surface area contributed by atoms with Gasteiger partial charge in [0.15, 0.2) is 0 Å². The van der Waals surface area contributed by atoms with Crippen LogP contribution in [-0.2, 0) is 6.54 Å². The van der Waals surface area contributed by atoms with E-state index in [-0.39, 0.29) is 0 Å². The van der Waals surface area contributed by atoms with Crippen molar-refractivity contribution in [3.63, 3.8) is 0 Å². The van der Waals surface area contributed by atoms with E-state index in [4.69, 9.17) is 0 Å². The molecule has 0 amide bonds. The van der Waals surface area contributed by atoms with Crippen LogP contribution < -0.4 is 0 Å². The van der Waals surface area contributed by atoms with E-state index in [1.165, 1.54) is 36.1 Å². The number of rotatable bonds is 3. The molecule has 0 aliphatic carbocycles. The van der Waals surface area contributed by atoms with Crippen LogP contribution in [0.15, 0.2) is 18.2 Å². The van der Waals surface area contributed by atoms with E-state index in [0.717, 1.165) is 13.1 Å². The van der Waals surface area contributed by atoms with Gasteiger partial charge in [0.05, 0.1) is 0 Å². The minimum atomic E-state index is 0.337. The predicted octanol–water partition coefficient (Wildman–Crippen LogP) is 2.51. The lowest BCUT2D eigenvalue weighted by Crippen LogP contribution is -2.36. The van der Waals surface area contributed by atoms with Crippen LogP contribution >= 0.6 is 0 Å². The fourth-order valence-corrected chi connectivity index (χ4v) is 2.77. The molecule has 0 aromatic heterocycles. The fourth-order valence-electron chi connectivity index (χ4n) is 2.77. The zero-order chi connectivity index (χ0) is 12.3. The van der Waals surface area contributed by atoms with Gasteiger partial charge in [-0.2, -0.15) is 0 Å². The van der Waals surface area contributed by atoms with Crippen molar-refractivity contribution in [2.45, 2.75) is 33.2 Å². The van der Waals surface area contributed by atoms with Gasteiger partial charge >= 0.3 is 0 Å². The number of hydrogen-bond acceptors (Lipinski definition) is 2. The van der Waals surface area contributed by atoms with E-state index in [2.05, 4.69) is 36.9 Å². The Balaban J connectivity index is 2.05. The van der Waals surface area contributed by atoms with Crippen molar-refractivity contribution in [1.29, 1.82) is 0 Å². The van der Waals surface area contributed by atoms with Crippen molar-refractivity contribution < 1.29 is 5.11 Å². The molecule has 0 bridgehead atoms. The largest absolute Gasteiger partial charge is 0.396 e. The van der Waals surface area contributed by atoms with Gasteiger partial charge in [0.25, 0.3) is 0 Å². The van der Waals surface area contributed by atoms with Gasteiger partial charge in [-0.15, -0.1) is 0 Å². The molecule has 1 fully saturated rings. The number of hydrogen-bond donors (Lipinski definition) is 1. The highest BCUT2D eigenvalue weighted by molar-refractivity contribution is 5.33. The summed E-state index contributed by atoms with van der Waals surface area (Å²) in [6.07, 6.45) is 2.40. The fraction of sp³-hybridized carbons (Fsp3) is 0.600. The number of benzene rings is 1. The van der Waals surface area contributed by atoms with Crippen LogP contribution in [-0.4, -0.2) is 29.7 Å². The molecule has 2 nitrogen and oxygen atoms in total. The first-order valence-electron chi connectivity index (χ1n) is 6.59. The molecule has 94 valence electrons. The highest BCUT2D eigenvalue weighted by atomic mass is 16.3. The summed E-state index contributed by atoms with van der Waals surface area (Å²) in [4.78, 5) is 2.49. The van der Waals surface area contributed by atoms with E-state index in [9.17, 15) is 5.11 Å². The molecular weight excluding hydrogens is 210 g/mol. The summed E-state index contributed by atoms with van der Waals surface area (Å²) in [6.45, 7) is 7.97. The van der Waals surface area contributed by atoms with Crippen molar-refractivity contribution in [2.24, 2.45) is 5.92 Å². The van der Waals surface area contributed by atoms with E-state index in [1.807, 2.05) is 0 Å². The summed E-state index contributed by atoms with van der Waals surface area (Å²) in [6, 6.07) is 6.51. The molecule has 1 saturated heterocycles. The lowest BCUT2D eigenvalue weighted by Gasteiger charge is -2.32. The standard InChI is InChI=1S/C15H23NO/c1-12-5-3-6-13(2)15(12)10-16-8-4-7-14(9-16)11-17/h3,5-6,14,17H,4,7-11H2,1-2H3. The molecular formula is C15H23NO. The lowest BCUT2D eigenvalue weighted by atomic mass is 9.97. The molecule has 0 saturated carbocycles. The van der Waals surface area contributed by atoms with Crippen LogP contribution in [0.2, 0.25) is 0 Å². The predicted molar refractivity (Wildman–Crippen MR) is 71.0 cm³/mol. The SMILES string of the molecule is Cc1cccc(C)c1CN1CCCC(CO)C1. The molecule has 1 aromatic carbocycles. The summed E-state index contributed by atoms with van der Waals surface area (Å²) in [7, 11) is 0. The van der Waals surface area contributed by atoms with E-state index < -0.39 is 0 Å². The average molecular weight is 233 g/mol. The molecule has 0 radical (unpaired) electrons. The first-order valence-corrected chi connectivity index (χ1v) is 6.59. The van der Waals surface area contributed by atoms with Gasteiger partial charge in [0.2, 0.25) is 0 Å². The first kappa shape index (κ1) is 12.6. The van der Waals surface area contributed by atoms with Crippen LogP contribution in [0.5, 0.6) is 0 Å². The molecule has 2 heteroatoms. The molecule has 1 unspecified atom stereocenters. The van der Waals surface area contributed by atoms with Gasteiger partial charge < -0.3 is 5.11 Å². The number of aliphatic hydroxyl groups is 1. The molecule has 0 spiro atoms. The third-order valence-electron chi connectivity index (χ3n) is 3.89. The first-order chi connectivity index (χ1) is 8.20. The summed E-state index contributed by atoms with van der Waals surface area (Å²) >= 11 is 0.